The first-order valence-electron chi connectivity index (χ1n) is 2.51. The number of nitrogens with zero attached hydrogens (tertiary/aromatic N) is 2. The van der Waals surface area contributed by atoms with Gasteiger partial charge in [-0.05, 0) is 7.05 Å². The van der Waals surface area contributed by atoms with Crippen molar-refractivity contribution < 1.29 is 9.85 Å². The molecule has 58 valence electrons. The molecule has 0 bridgehead atoms. The highest BCUT2D eigenvalue weighted by Crippen LogP contribution is 1.87. The van der Waals surface area contributed by atoms with Crippen molar-refractivity contribution in [3.05, 3.63) is 20.2 Å². The topological polar surface area (TPSA) is 98.3 Å². The molecule has 0 atom stereocenters. The van der Waals surface area contributed by atoms with Crippen molar-refractivity contribution in [2.45, 2.75) is 6.17 Å². The molecule has 0 saturated heterocycles. The van der Waals surface area contributed by atoms with E-state index in [4.69, 9.17) is 0 Å². The zero-order chi connectivity index (χ0) is 8.15. The Morgan fingerprint density at radius 1 is 1.40 bits per heavy atom. The monoisotopic (exact) mass is 149 g/mol. The molecule has 0 heterocycles. The quantitative estimate of drug-likeness (QED) is 0.317. The summed E-state index contributed by atoms with van der Waals surface area (Å²) in [7, 11) is 1.42. The van der Waals surface area contributed by atoms with E-state index in [1.807, 2.05) is 0 Å². The molecule has 0 spiro atoms. The third-order valence-electron chi connectivity index (χ3n) is 0.873. The zero-order valence-corrected chi connectivity index (χ0v) is 5.31. The number of nitrogens with one attached hydrogen (secondary N) is 1. The Morgan fingerprint density at radius 3 is 1.90 bits per heavy atom. The van der Waals surface area contributed by atoms with Crippen molar-refractivity contribution in [3.8, 4) is 0 Å². The Morgan fingerprint density at radius 2 is 1.80 bits per heavy atom. The highest BCUT2D eigenvalue weighted by molar-refractivity contribution is 4.42. The second-order valence-electron chi connectivity index (χ2n) is 1.61. The first kappa shape index (κ1) is 8.76. The lowest BCUT2D eigenvalue weighted by molar-refractivity contribution is -0.739. The van der Waals surface area contributed by atoms with E-state index in [9.17, 15) is 20.2 Å². The number of hydrogen-bond acceptors (Lipinski definition) is 5. The molecule has 0 rings (SSSR count). The van der Waals surface area contributed by atoms with Crippen LogP contribution in [0.3, 0.4) is 0 Å². The first-order chi connectivity index (χ1) is 4.59. The predicted octanol–water partition coefficient (Wildman–Crippen LogP) is -0.915. The van der Waals surface area contributed by atoms with Gasteiger partial charge in [-0.3, -0.25) is 20.2 Å². The minimum absolute atomic E-state index is 0.250. The maximum atomic E-state index is 9.85. The number of rotatable bonds is 4. The van der Waals surface area contributed by atoms with Gasteiger partial charge in [0.1, 0.15) is 6.54 Å². The average Bonchev–Trinajstić information content (AvgIpc) is 1.81. The molecule has 0 fully saturated rings. The fourth-order valence-corrected chi connectivity index (χ4v) is 0.409. The van der Waals surface area contributed by atoms with E-state index in [0.29, 0.717) is 0 Å². The van der Waals surface area contributed by atoms with Gasteiger partial charge in [-0.2, -0.15) is 0 Å². The molecule has 0 radical (unpaired) electrons. The van der Waals surface area contributed by atoms with E-state index < -0.39 is 16.0 Å². The van der Waals surface area contributed by atoms with Crippen LogP contribution in [0, 0.1) is 20.2 Å². The van der Waals surface area contributed by atoms with E-state index >= 15 is 0 Å². The van der Waals surface area contributed by atoms with Crippen LogP contribution in [0.25, 0.3) is 0 Å². The molecule has 0 aliphatic heterocycles. The molecule has 1 N–H and O–H groups in total. The summed E-state index contributed by atoms with van der Waals surface area (Å²) in [6, 6.07) is 0. The maximum absolute atomic E-state index is 9.85. The third kappa shape index (κ3) is 2.35. The van der Waals surface area contributed by atoms with Crippen LogP contribution in [-0.4, -0.2) is 29.6 Å². The van der Waals surface area contributed by atoms with Crippen molar-refractivity contribution in [2.75, 3.05) is 13.6 Å². The summed E-state index contributed by atoms with van der Waals surface area (Å²) in [5, 5.41) is 22.1. The molecule has 0 aromatic heterocycles. The van der Waals surface area contributed by atoms with Crippen molar-refractivity contribution >= 4 is 0 Å². The van der Waals surface area contributed by atoms with Crippen LogP contribution in [0.4, 0.5) is 0 Å². The highest BCUT2D eigenvalue weighted by Gasteiger charge is 2.30. The van der Waals surface area contributed by atoms with Gasteiger partial charge in [-0.25, -0.2) is 0 Å². The van der Waals surface area contributed by atoms with Crippen molar-refractivity contribution in [1.29, 1.82) is 0 Å². The van der Waals surface area contributed by atoms with Crippen molar-refractivity contribution in [2.24, 2.45) is 0 Å². The molecule has 0 aromatic rings. The molecule has 0 aliphatic rings. The van der Waals surface area contributed by atoms with E-state index in [2.05, 4.69) is 5.32 Å². The van der Waals surface area contributed by atoms with Gasteiger partial charge in [-0.1, -0.05) is 0 Å². The fraction of sp³-hybridized carbons (Fsp3) is 1.00. The second-order valence-corrected chi connectivity index (χ2v) is 1.61. The normalized spacial score (nSPS) is 9.80. The summed E-state index contributed by atoms with van der Waals surface area (Å²) in [5.74, 6) is 0. The molecule has 0 aliphatic carbocycles. The Balaban J connectivity index is 3.98. The lowest BCUT2D eigenvalue weighted by atomic mass is 10.5. The van der Waals surface area contributed by atoms with Crippen LogP contribution in [0.2, 0.25) is 0 Å². The van der Waals surface area contributed by atoms with Gasteiger partial charge in [0.25, 0.3) is 0 Å². The molecule has 0 saturated carbocycles. The van der Waals surface area contributed by atoms with Gasteiger partial charge in [0.2, 0.25) is 0 Å². The summed E-state index contributed by atoms with van der Waals surface area (Å²) in [6.45, 7) is -0.250. The molecule has 10 heavy (non-hydrogen) atoms. The van der Waals surface area contributed by atoms with Gasteiger partial charge >= 0.3 is 6.17 Å². The lowest BCUT2D eigenvalue weighted by Gasteiger charge is -1.98. The highest BCUT2D eigenvalue weighted by atomic mass is 16.7. The number of hydrogen-bond donors (Lipinski definition) is 1. The third-order valence-corrected chi connectivity index (χ3v) is 0.873. The summed E-state index contributed by atoms with van der Waals surface area (Å²) in [6.07, 6.45) is -1.73. The Bertz CT molecular complexity index is 133. The average molecular weight is 149 g/mol. The van der Waals surface area contributed by atoms with Crippen LogP contribution in [-0.2, 0) is 0 Å². The van der Waals surface area contributed by atoms with Gasteiger partial charge in [-0.15, -0.1) is 0 Å². The summed E-state index contributed by atoms with van der Waals surface area (Å²) >= 11 is 0. The standard InChI is InChI=1S/C3H7N3O4/c1-4-2-3(5(7)8)6(9)10/h3-4H,2H2,1H3. The van der Waals surface area contributed by atoms with Crippen LogP contribution < -0.4 is 5.32 Å². The van der Waals surface area contributed by atoms with Gasteiger partial charge in [0.05, 0.1) is 9.85 Å². The predicted molar refractivity (Wildman–Crippen MR) is 31.7 cm³/mol. The van der Waals surface area contributed by atoms with E-state index in [0.717, 1.165) is 0 Å². The molecular weight excluding hydrogens is 142 g/mol. The first-order valence-corrected chi connectivity index (χ1v) is 2.51. The Hall–Kier alpha value is -1.24. The maximum Gasteiger partial charge on any atom is 0.462 e. The van der Waals surface area contributed by atoms with Crippen LogP contribution in [0.15, 0.2) is 0 Å². The van der Waals surface area contributed by atoms with Crippen molar-refractivity contribution in [1.82, 2.24) is 5.32 Å². The van der Waals surface area contributed by atoms with Gasteiger partial charge in [0.15, 0.2) is 0 Å². The Kier molecular flexibility index (Phi) is 3.26. The zero-order valence-electron chi connectivity index (χ0n) is 5.31. The van der Waals surface area contributed by atoms with Gasteiger partial charge in [0, 0.05) is 0 Å². The van der Waals surface area contributed by atoms with E-state index in [-0.39, 0.29) is 6.54 Å². The number of likely N-dealkylation sites (N-methyl/N-ethyl adjacent to an activating group) is 1. The molecular formula is C3H7N3O4. The molecule has 0 unspecified atom stereocenters. The van der Waals surface area contributed by atoms with Crippen LogP contribution in [0.5, 0.6) is 0 Å². The van der Waals surface area contributed by atoms with Gasteiger partial charge < -0.3 is 5.32 Å². The van der Waals surface area contributed by atoms with E-state index in [1.54, 1.807) is 0 Å². The fourth-order valence-electron chi connectivity index (χ4n) is 0.409. The van der Waals surface area contributed by atoms with E-state index in [1.165, 1.54) is 7.05 Å². The number of nitro groups is 2. The molecule has 0 aromatic carbocycles. The summed E-state index contributed by atoms with van der Waals surface area (Å²) < 4.78 is 0. The van der Waals surface area contributed by atoms with Crippen LogP contribution in [0.1, 0.15) is 0 Å². The Labute approximate surface area is 56.3 Å². The smallest absolute Gasteiger partial charge is 0.307 e. The molecule has 7 nitrogen and oxygen atoms in total. The molecule has 0 amide bonds. The minimum Gasteiger partial charge on any atom is -0.307 e. The molecule has 7 heteroatoms. The largest absolute Gasteiger partial charge is 0.462 e. The second kappa shape index (κ2) is 3.72. The van der Waals surface area contributed by atoms with Crippen molar-refractivity contribution in [3.63, 3.8) is 0 Å². The summed E-state index contributed by atoms with van der Waals surface area (Å²) in [4.78, 5) is 17.8. The lowest BCUT2D eigenvalue weighted by Crippen LogP contribution is -2.37. The summed E-state index contributed by atoms with van der Waals surface area (Å²) in [5.41, 5.74) is 0. The minimum atomic E-state index is -1.73. The SMILES string of the molecule is CNCC([N+](=O)[O-])[N+](=O)[O-]. The van der Waals surface area contributed by atoms with Crippen LogP contribution >= 0.6 is 0 Å².